The van der Waals surface area contributed by atoms with Crippen molar-refractivity contribution in [1.82, 2.24) is 15.5 Å². The van der Waals surface area contributed by atoms with Crippen LogP contribution in [0.2, 0.25) is 0 Å². The minimum atomic E-state index is 0. The van der Waals surface area contributed by atoms with Crippen LogP contribution in [-0.2, 0) is 11.3 Å². The lowest BCUT2D eigenvalue weighted by atomic mass is 10.0. The number of nitrogens with zero attached hydrogens (tertiary/aromatic N) is 2. The predicted molar refractivity (Wildman–Crippen MR) is 129 cm³/mol. The molecule has 1 aliphatic heterocycles. The van der Waals surface area contributed by atoms with Crippen LogP contribution in [0.1, 0.15) is 32.8 Å². The highest BCUT2D eigenvalue weighted by molar-refractivity contribution is 14.0. The van der Waals surface area contributed by atoms with Crippen molar-refractivity contribution in [3.8, 4) is 11.5 Å². The summed E-state index contributed by atoms with van der Waals surface area (Å²) in [5, 5.41) is 6.82. The van der Waals surface area contributed by atoms with Gasteiger partial charge in [0.25, 0.3) is 0 Å². The van der Waals surface area contributed by atoms with Crippen LogP contribution < -0.4 is 20.1 Å². The Morgan fingerprint density at radius 3 is 2.55 bits per heavy atom. The number of guanidine groups is 1. The van der Waals surface area contributed by atoms with Crippen LogP contribution >= 0.6 is 24.0 Å². The molecule has 0 spiro atoms. The molecule has 0 atom stereocenters. The lowest BCUT2D eigenvalue weighted by Crippen LogP contribution is -2.56. The fourth-order valence-corrected chi connectivity index (χ4v) is 3.14. The number of halogens is 1. The van der Waals surface area contributed by atoms with Gasteiger partial charge in [0.1, 0.15) is 0 Å². The van der Waals surface area contributed by atoms with Crippen LogP contribution in [0, 0.1) is 0 Å². The third-order valence-electron chi connectivity index (χ3n) is 4.93. The molecule has 1 aromatic carbocycles. The lowest BCUT2D eigenvalue weighted by Gasteiger charge is -2.41. The number of hydrogen-bond donors (Lipinski definition) is 2. The highest BCUT2D eigenvalue weighted by Gasteiger charge is 2.28. The summed E-state index contributed by atoms with van der Waals surface area (Å²) < 4.78 is 16.6. The average molecular weight is 520 g/mol. The molecule has 2 rings (SSSR count). The van der Waals surface area contributed by atoms with Gasteiger partial charge < -0.3 is 24.8 Å². The van der Waals surface area contributed by atoms with Crippen LogP contribution in [0.4, 0.5) is 0 Å². The van der Waals surface area contributed by atoms with Crippen molar-refractivity contribution in [3.63, 3.8) is 0 Å². The van der Waals surface area contributed by atoms with E-state index in [2.05, 4.69) is 41.3 Å². The first-order chi connectivity index (χ1) is 13.5. The van der Waals surface area contributed by atoms with Crippen molar-refractivity contribution in [3.05, 3.63) is 23.8 Å². The molecule has 0 bridgehead atoms. The van der Waals surface area contributed by atoms with Gasteiger partial charge in [-0.05, 0) is 38.0 Å². The van der Waals surface area contributed by atoms with Crippen molar-refractivity contribution in [2.24, 2.45) is 4.99 Å². The number of nitrogens with one attached hydrogen (secondary N) is 2. The Hall–Kier alpha value is -1.26. The van der Waals surface area contributed by atoms with Gasteiger partial charge in [-0.25, -0.2) is 0 Å². The van der Waals surface area contributed by atoms with Gasteiger partial charge in [-0.1, -0.05) is 13.0 Å². The van der Waals surface area contributed by atoms with E-state index in [-0.39, 0.29) is 29.5 Å². The van der Waals surface area contributed by atoms with Crippen LogP contribution in [0.15, 0.2) is 23.2 Å². The van der Waals surface area contributed by atoms with E-state index in [4.69, 9.17) is 14.2 Å². The van der Waals surface area contributed by atoms with E-state index in [0.29, 0.717) is 13.2 Å². The monoisotopic (exact) mass is 520 g/mol. The van der Waals surface area contributed by atoms with Crippen molar-refractivity contribution >= 4 is 29.9 Å². The first-order valence-electron chi connectivity index (χ1n) is 10.1. The zero-order valence-electron chi connectivity index (χ0n) is 18.4. The summed E-state index contributed by atoms with van der Waals surface area (Å²) in [5.41, 5.74) is 1.14. The van der Waals surface area contributed by atoms with Crippen molar-refractivity contribution in [2.75, 3.05) is 53.6 Å². The molecule has 0 amide bonds. The van der Waals surface area contributed by atoms with Gasteiger partial charge in [0.15, 0.2) is 17.5 Å². The summed E-state index contributed by atoms with van der Waals surface area (Å²) in [6.07, 6.45) is 0.968. The molecular formula is C21H37IN4O3. The summed E-state index contributed by atoms with van der Waals surface area (Å²) in [6, 6.07) is 6.01. The van der Waals surface area contributed by atoms with Gasteiger partial charge in [0.05, 0.1) is 26.9 Å². The van der Waals surface area contributed by atoms with Gasteiger partial charge in [0.2, 0.25) is 0 Å². The van der Waals surface area contributed by atoms with E-state index in [1.807, 2.05) is 18.2 Å². The minimum Gasteiger partial charge on any atom is -0.493 e. The summed E-state index contributed by atoms with van der Waals surface area (Å²) >= 11 is 0. The maximum atomic E-state index is 5.72. The molecule has 0 aliphatic carbocycles. The first kappa shape index (κ1) is 25.8. The molecule has 0 radical (unpaired) electrons. The van der Waals surface area contributed by atoms with Crippen molar-refractivity contribution in [2.45, 2.75) is 39.3 Å². The third kappa shape index (κ3) is 8.18. The number of methoxy groups -OCH3 is 1. The lowest BCUT2D eigenvalue weighted by molar-refractivity contribution is -0.00834. The van der Waals surface area contributed by atoms with Gasteiger partial charge in [-0.3, -0.25) is 9.89 Å². The second-order valence-corrected chi connectivity index (χ2v) is 7.52. The Morgan fingerprint density at radius 2 is 1.93 bits per heavy atom. The highest BCUT2D eigenvalue weighted by Crippen LogP contribution is 2.28. The SMILES string of the molecule is CCCOc1ccc(CNC(=NC)NCC(C)(C)N2CCOCC2)cc1OC.I. The molecule has 1 aliphatic rings. The molecule has 0 aromatic heterocycles. The average Bonchev–Trinajstić information content (AvgIpc) is 2.73. The number of rotatable bonds is 9. The predicted octanol–water partition coefficient (Wildman–Crippen LogP) is 2.88. The number of ether oxygens (including phenoxy) is 3. The Bertz CT molecular complexity index is 634. The van der Waals surface area contributed by atoms with Crippen LogP contribution in [-0.4, -0.2) is 70.0 Å². The number of morpholine rings is 1. The van der Waals surface area contributed by atoms with Gasteiger partial charge >= 0.3 is 0 Å². The van der Waals surface area contributed by atoms with E-state index in [1.165, 1.54) is 0 Å². The van der Waals surface area contributed by atoms with E-state index >= 15 is 0 Å². The van der Waals surface area contributed by atoms with Crippen LogP contribution in [0.3, 0.4) is 0 Å². The van der Waals surface area contributed by atoms with Gasteiger partial charge in [-0.15, -0.1) is 24.0 Å². The van der Waals surface area contributed by atoms with Crippen LogP contribution in [0.5, 0.6) is 11.5 Å². The summed E-state index contributed by atoms with van der Waals surface area (Å²) in [4.78, 5) is 6.80. The van der Waals surface area contributed by atoms with Crippen LogP contribution in [0.25, 0.3) is 0 Å². The second kappa shape index (κ2) is 13.1. The number of hydrogen-bond acceptors (Lipinski definition) is 5. The number of benzene rings is 1. The molecule has 166 valence electrons. The van der Waals surface area contributed by atoms with E-state index in [0.717, 1.165) is 62.3 Å². The Balaban J connectivity index is 0.00000420. The fraction of sp³-hybridized carbons (Fsp3) is 0.667. The molecule has 8 heteroatoms. The van der Waals surface area contributed by atoms with Crippen molar-refractivity contribution < 1.29 is 14.2 Å². The molecule has 1 saturated heterocycles. The summed E-state index contributed by atoms with van der Waals surface area (Å²) in [6.45, 7) is 12.3. The second-order valence-electron chi connectivity index (χ2n) is 7.52. The molecule has 0 unspecified atom stereocenters. The van der Waals surface area contributed by atoms with E-state index in [1.54, 1.807) is 14.2 Å². The molecule has 1 aromatic rings. The minimum absolute atomic E-state index is 0. The zero-order chi connectivity index (χ0) is 20.4. The standard InChI is InChI=1S/C21H36N4O3.HI/c1-6-11-28-18-8-7-17(14-19(18)26-5)15-23-20(22-4)24-16-21(2,3)25-9-12-27-13-10-25;/h7-8,14H,6,9-13,15-16H2,1-5H3,(H2,22,23,24);1H. The third-order valence-corrected chi connectivity index (χ3v) is 4.93. The summed E-state index contributed by atoms with van der Waals surface area (Å²) in [7, 11) is 3.46. The highest BCUT2D eigenvalue weighted by atomic mass is 127. The zero-order valence-corrected chi connectivity index (χ0v) is 20.7. The molecule has 0 saturated carbocycles. The van der Waals surface area contributed by atoms with Crippen molar-refractivity contribution in [1.29, 1.82) is 0 Å². The maximum Gasteiger partial charge on any atom is 0.191 e. The largest absolute Gasteiger partial charge is 0.493 e. The summed E-state index contributed by atoms with van der Waals surface area (Å²) in [5.74, 6) is 2.32. The normalized spacial score (nSPS) is 15.4. The molecular weight excluding hydrogens is 483 g/mol. The van der Waals surface area contributed by atoms with E-state index in [9.17, 15) is 0 Å². The van der Waals surface area contributed by atoms with E-state index < -0.39 is 0 Å². The maximum absolute atomic E-state index is 5.72. The molecule has 7 nitrogen and oxygen atoms in total. The topological polar surface area (TPSA) is 67.4 Å². The first-order valence-corrected chi connectivity index (χ1v) is 10.1. The Labute approximate surface area is 192 Å². The van der Waals surface area contributed by atoms with Gasteiger partial charge in [-0.2, -0.15) is 0 Å². The molecule has 2 N–H and O–H groups in total. The molecule has 29 heavy (non-hydrogen) atoms. The molecule has 1 heterocycles. The quantitative estimate of drug-likeness (QED) is 0.297. The Morgan fingerprint density at radius 1 is 1.21 bits per heavy atom. The smallest absolute Gasteiger partial charge is 0.191 e. The fourth-order valence-electron chi connectivity index (χ4n) is 3.14. The van der Waals surface area contributed by atoms with Gasteiger partial charge in [0, 0.05) is 38.8 Å². The Kier molecular flexibility index (Phi) is 11.7. The number of aliphatic imine (C=N–C) groups is 1. The molecule has 1 fully saturated rings.